The van der Waals surface area contributed by atoms with Crippen LogP contribution in [0.4, 0.5) is 0 Å². The van der Waals surface area contributed by atoms with Gasteiger partial charge in [-0.1, -0.05) is 42.5 Å². The second kappa shape index (κ2) is 9.17. The zero-order valence-electron chi connectivity index (χ0n) is 15.6. The molecule has 0 aromatic heterocycles. The predicted octanol–water partition coefficient (Wildman–Crippen LogP) is 2.28. The Hall–Kier alpha value is -3.15. The third-order valence-electron chi connectivity index (χ3n) is 4.87. The molecule has 1 aliphatic heterocycles. The number of carbonyl (C=O) groups excluding carboxylic acids is 2. The van der Waals surface area contributed by atoms with Crippen LogP contribution in [0.5, 0.6) is 0 Å². The first-order valence-corrected chi connectivity index (χ1v) is 9.47. The summed E-state index contributed by atoms with van der Waals surface area (Å²) in [5, 5.41) is 12.0. The summed E-state index contributed by atoms with van der Waals surface area (Å²) in [5.41, 5.74) is 1.72. The molecule has 2 amide bonds. The van der Waals surface area contributed by atoms with Crippen molar-refractivity contribution in [3.63, 3.8) is 0 Å². The van der Waals surface area contributed by atoms with Crippen LogP contribution in [0.1, 0.15) is 34.3 Å². The van der Waals surface area contributed by atoms with E-state index in [9.17, 15) is 14.4 Å². The molecule has 3 rings (SSSR count). The van der Waals surface area contributed by atoms with Crippen LogP contribution in [0.25, 0.3) is 0 Å². The summed E-state index contributed by atoms with van der Waals surface area (Å²) in [6.07, 6.45) is 2.43. The Morgan fingerprint density at radius 2 is 1.64 bits per heavy atom. The standard InChI is InChI=1S/C22H24N2O4/c25-20(15-17-9-6-10-18(13-17)22(27)28)23-19(14-16-7-2-1-3-8-16)21(26)24-11-4-5-12-24/h1-3,6-10,13,19H,4-5,11-12,14-15H2,(H,23,25)(H,27,28). The van der Waals surface area contributed by atoms with Crippen molar-refractivity contribution in [3.05, 3.63) is 71.3 Å². The minimum Gasteiger partial charge on any atom is -0.478 e. The SMILES string of the molecule is O=C(Cc1cccc(C(=O)O)c1)NC(Cc1ccccc1)C(=O)N1CCCC1. The number of hydrogen-bond donors (Lipinski definition) is 2. The van der Waals surface area contributed by atoms with Crippen LogP contribution in [0.15, 0.2) is 54.6 Å². The topological polar surface area (TPSA) is 86.7 Å². The Morgan fingerprint density at radius 3 is 2.32 bits per heavy atom. The Morgan fingerprint density at radius 1 is 0.964 bits per heavy atom. The van der Waals surface area contributed by atoms with E-state index in [1.807, 2.05) is 30.3 Å². The molecule has 2 aromatic carbocycles. The summed E-state index contributed by atoms with van der Waals surface area (Å²) in [4.78, 5) is 38.4. The molecular weight excluding hydrogens is 356 g/mol. The highest BCUT2D eigenvalue weighted by Crippen LogP contribution is 2.13. The van der Waals surface area contributed by atoms with Crippen LogP contribution in [-0.4, -0.2) is 46.9 Å². The summed E-state index contributed by atoms with van der Waals surface area (Å²) in [5.74, 6) is -1.39. The molecule has 146 valence electrons. The first kappa shape index (κ1) is 19.6. The van der Waals surface area contributed by atoms with Crippen LogP contribution in [-0.2, 0) is 22.4 Å². The van der Waals surface area contributed by atoms with Crippen molar-refractivity contribution in [2.75, 3.05) is 13.1 Å². The molecule has 0 spiro atoms. The number of carbonyl (C=O) groups is 3. The Bertz CT molecular complexity index is 845. The number of hydrogen-bond acceptors (Lipinski definition) is 3. The third-order valence-corrected chi connectivity index (χ3v) is 4.87. The Labute approximate surface area is 164 Å². The zero-order valence-corrected chi connectivity index (χ0v) is 15.6. The lowest BCUT2D eigenvalue weighted by Crippen LogP contribution is -2.49. The third kappa shape index (κ3) is 5.19. The molecule has 1 fully saturated rings. The van der Waals surface area contributed by atoms with E-state index in [0.29, 0.717) is 12.0 Å². The van der Waals surface area contributed by atoms with E-state index in [1.54, 1.807) is 17.0 Å². The van der Waals surface area contributed by atoms with E-state index in [4.69, 9.17) is 5.11 Å². The van der Waals surface area contributed by atoms with Crippen molar-refractivity contribution in [2.45, 2.75) is 31.7 Å². The normalized spacial score (nSPS) is 14.5. The Kier molecular flexibility index (Phi) is 6.42. The molecule has 6 heteroatoms. The average Bonchev–Trinajstić information content (AvgIpc) is 3.22. The van der Waals surface area contributed by atoms with E-state index >= 15 is 0 Å². The highest BCUT2D eigenvalue weighted by atomic mass is 16.4. The van der Waals surface area contributed by atoms with Gasteiger partial charge in [0.1, 0.15) is 6.04 Å². The maximum absolute atomic E-state index is 12.9. The van der Waals surface area contributed by atoms with Crippen molar-refractivity contribution in [3.8, 4) is 0 Å². The number of nitrogens with zero attached hydrogens (tertiary/aromatic N) is 1. The number of likely N-dealkylation sites (tertiary alicyclic amines) is 1. The Balaban J connectivity index is 1.70. The highest BCUT2D eigenvalue weighted by Gasteiger charge is 2.28. The molecule has 2 aromatic rings. The summed E-state index contributed by atoms with van der Waals surface area (Å²) in [6.45, 7) is 1.45. The molecule has 1 heterocycles. The molecule has 0 aliphatic carbocycles. The molecule has 28 heavy (non-hydrogen) atoms. The van der Waals surface area contributed by atoms with Crippen LogP contribution < -0.4 is 5.32 Å². The number of nitrogens with one attached hydrogen (secondary N) is 1. The molecule has 1 aliphatic rings. The van der Waals surface area contributed by atoms with Gasteiger partial charge < -0.3 is 15.3 Å². The van der Waals surface area contributed by atoms with Gasteiger partial charge in [0.15, 0.2) is 0 Å². The molecule has 1 atom stereocenters. The lowest BCUT2D eigenvalue weighted by molar-refractivity contribution is -0.135. The smallest absolute Gasteiger partial charge is 0.335 e. The molecule has 1 unspecified atom stereocenters. The molecule has 2 N–H and O–H groups in total. The van der Waals surface area contributed by atoms with Gasteiger partial charge in [-0.3, -0.25) is 9.59 Å². The van der Waals surface area contributed by atoms with Crippen molar-refractivity contribution in [1.82, 2.24) is 10.2 Å². The maximum atomic E-state index is 12.9. The van der Waals surface area contributed by atoms with Gasteiger partial charge in [0.25, 0.3) is 0 Å². The number of aromatic carboxylic acids is 1. The fourth-order valence-electron chi connectivity index (χ4n) is 3.45. The van der Waals surface area contributed by atoms with Gasteiger partial charge in [0.05, 0.1) is 12.0 Å². The molecule has 0 bridgehead atoms. The molecule has 6 nitrogen and oxygen atoms in total. The van der Waals surface area contributed by atoms with Gasteiger partial charge in [0.2, 0.25) is 11.8 Å². The molecular formula is C22H24N2O4. The molecule has 1 saturated heterocycles. The fraction of sp³-hybridized carbons (Fsp3) is 0.318. The van der Waals surface area contributed by atoms with Crippen molar-refractivity contribution in [1.29, 1.82) is 0 Å². The minimum atomic E-state index is -1.03. The van der Waals surface area contributed by atoms with Crippen LogP contribution >= 0.6 is 0 Å². The lowest BCUT2D eigenvalue weighted by atomic mass is 10.0. The van der Waals surface area contributed by atoms with Crippen molar-refractivity contribution in [2.24, 2.45) is 0 Å². The first-order chi connectivity index (χ1) is 13.5. The van der Waals surface area contributed by atoms with Gasteiger partial charge >= 0.3 is 5.97 Å². The van der Waals surface area contributed by atoms with E-state index in [1.165, 1.54) is 12.1 Å². The number of carboxylic acid groups (broad SMARTS) is 1. The quantitative estimate of drug-likeness (QED) is 0.772. The zero-order chi connectivity index (χ0) is 19.9. The first-order valence-electron chi connectivity index (χ1n) is 9.47. The van der Waals surface area contributed by atoms with E-state index in [2.05, 4.69) is 5.32 Å². The van der Waals surface area contributed by atoms with Crippen LogP contribution in [0, 0.1) is 0 Å². The van der Waals surface area contributed by atoms with Crippen molar-refractivity contribution >= 4 is 17.8 Å². The summed E-state index contributed by atoms with van der Waals surface area (Å²) >= 11 is 0. The number of benzene rings is 2. The lowest BCUT2D eigenvalue weighted by Gasteiger charge is -2.24. The van der Waals surface area contributed by atoms with Crippen LogP contribution in [0.3, 0.4) is 0 Å². The van der Waals surface area contributed by atoms with Gasteiger partial charge in [-0.05, 0) is 36.1 Å². The molecule has 0 radical (unpaired) electrons. The second-order valence-corrected chi connectivity index (χ2v) is 7.02. The second-order valence-electron chi connectivity index (χ2n) is 7.02. The maximum Gasteiger partial charge on any atom is 0.335 e. The molecule has 0 saturated carbocycles. The average molecular weight is 380 g/mol. The highest BCUT2D eigenvalue weighted by molar-refractivity contribution is 5.90. The van der Waals surface area contributed by atoms with Crippen molar-refractivity contribution < 1.29 is 19.5 Å². The van der Waals surface area contributed by atoms with Gasteiger partial charge in [-0.25, -0.2) is 4.79 Å². The summed E-state index contributed by atoms with van der Waals surface area (Å²) in [7, 11) is 0. The van der Waals surface area contributed by atoms with E-state index in [0.717, 1.165) is 31.5 Å². The number of amides is 2. The fourth-order valence-corrected chi connectivity index (χ4v) is 3.45. The van der Waals surface area contributed by atoms with E-state index < -0.39 is 12.0 Å². The number of carboxylic acids is 1. The summed E-state index contributed by atoms with van der Waals surface area (Å²) < 4.78 is 0. The van der Waals surface area contributed by atoms with Gasteiger partial charge in [-0.2, -0.15) is 0 Å². The van der Waals surface area contributed by atoms with E-state index in [-0.39, 0.29) is 23.8 Å². The van der Waals surface area contributed by atoms with Gasteiger partial charge in [-0.15, -0.1) is 0 Å². The number of rotatable bonds is 7. The monoisotopic (exact) mass is 380 g/mol. The summed E-state index contributed by atoms with van der Waals surface area (Å²) in [6, 6.07) is 15.3. The minimum absolute atomic E-state index is 0.0275. The largest absolute Gasteiger partial charge is 0.478 e. The van der Waals surface area contributed by atoms with Gasteiger partial charge in [0, 0.05) is 19.5 Å². The predicted molar refractivity (Wildman–Crippen MR) is 105 cm³/mol. The van der Waals surface area contributed by atoms with Crippen LogP contribution in [0.2, 0.25) is 0 Å².